The molecule has 0 aliphatic heterocycles. The largest absolute Gasteiger partial charge is 0.340 e. The van der Waals surface area contributed by atoms with E-state index in [0.29, 0.717) is 6.54 Å². The average Bonchev–Trinajstić information content (AvgIpc) is 2.28. The minimum Gasteiger partial charge on any atom is -0.340 e. The molecule has 1 atom stereocenters. The van der Waals surface area contributed by atoms with Gasteiger partial charge in [0.2, 0.25) is 5.91 Å². The van der Waals surface area contributed by atoms with E-state index < -0.39 is 0 Å². The molecule has 3 heteroatoms. The van der Waals surface area contributed by atoms with Crippen LogP contribution in [-0.4, -0.2) is 30.9 Å². The van der Waals surface area contributed by atoms with Gasteiger partial charge in [0.15, 0.2) is 0 Å². The van der Waals surface area contributed by atoms with Gasteiger partial charge in [-0.15, -0.1) is 0 Å². The van der Waals surface area contributed by atoms with Crippen LogP contribution < -0.4 is 5.32 Å². The molecule has 0 fully saturated rings. The molecule has 0 saturated heterocycles. The van der Waals surface area contributed by atoms with E-state index >= 15 is 0 Å². The first-order valence-corrected chi connectivity index (χ1v) is 5.11. The van der Waals surface area contributed by atoms with Crippen molar-refractivity contribution >= 4 is 5.91 Å². The zero-order chi connectivity index (χ0) is 11.3. The number of nitrogens with one attached hydrogen (secondary N) is 1. The lowest BCUT2D eigenvalue weighted by Crippen LogP contribution is -2.41. The first-order chi connectivity index (χ1) is 7.15. The minimum atomic E-state index is -0.126. The van der Waals surface area contributed by atoms with Crippen LogP contribution in [0.3, 0.4) is 0 Å². The molecule has 0 aromatic heterocycles. The fraction of sp³-hybridized carbons (Fsp3) is 0.417. The van der Waals surface area contributed by atoms with Crippen molar-refractivity contribution in [2.45, 2.75) is 19.5 Å². The molecule has 15 heavy (non-hydrogen) atoms. The Balaban J connectivity index is 2.56. The van der Waals surface area contributed by atoms with Crippen molar-refractivity contribution in [2.24, 2.45) is 0 Å². The first-order valence-electron chi connectivity index (χ1n) is 5.11. The van der Waals surface area contributed by atoms with Crippen molar-refractivity contribution in [1.82, 2.24) is 10.2 Å². The Labute approximate surface area is 91.1 Å². The SMILES string of the molecule is CNC(C)C(=O)N(C)Cc1ccccc1. The Hall–Kier alpha value is -1.35. The molecule has 3 nitrogen and oxygen atoms in total. The van der Waals surface area contributed by atoms with Crippen LogP contribution in [-0.2, 0) is 11.3 Å². The van der Waals surface area contributed by atoms with Crippen LogP contribution in [0.1, 0.15) is 12.5 Å². The summed E-state index contributed by atoms with van der Waals surface area (Å²) in [6, 6.07) is 9.85. The maximum Gasteiger partial charge on any atom is 0.239 e. The first kappa shape index (κ1) is 11.7. The van der Waals surface area contributed by atoms with Crippen LogP contribution in [0.2, 0.25) is 0 Å². The maximum atomic E-state index is 11.7. The molecule has 1 N–H and O–H groups in total. The summed E-state index contributed by atoms with van der Waals surface area (Å²) in [6.45, 7) is 2.52. The van der Waals surface area contributed by atoms with Crippen molar-refractivity contribution in [2.75, 3.05) is 14.1 Å². The van der Waals surface area contributed by atoms with Gasteiger partial charge in [-0.1, -0.05) is 30.3 Å². The summed E-state index contributed by atoms with van der Waals surface area (Å²) in [5.41, 5.74) is 1.15. The van der Waals surface area contributed by atoms with E-state index in [1.807, 2.05) is 44.3 Å². The zero-order valence-electron chi connectivity index (χ0n) is 9.53. The Bertz CT molecular complexity index is 311. The molecular formula is C12H18N2O. The maximum absolute atomic E-state index is 11.7. The van der Waals surface area contributed by atoms with Crippen molar-refractivity contribution in [3.8, 4) is 0 Å². The van der Waals surface area contributed by atoms with Crippen molar-refractivity contribution in [1.29, 1.82) is 0 Å². The molecule has 0 aliphatic carbocycles. The molecule has 0 bridgehead atoms. The minimum absolute atomic E-state index is 0.112. The van der Waals surface area contributed by atoms with E-state index in [2.05, 4.69) is 5.32 Å². The molecule has 1 unspecified atom stereocenters. The summed E-state index contributed by atoms with van der Waals surface area (Å²) >= 11 is 0. The van der Waals surface area contributed by atoms with Gasteiger partial charge in [0, 0.05) is 13.6 Å². The normalized spacial score (nSPS) is 12.2. The lowest BCUT2D eigenvalue weighted by molar-refractivity contribution is -0.132. The van der Waals surface area contributed by atoms with E-state index in [-0.39, 0.29) is 11.9 Å². The number of benzene rings is 1. The molecule has 0 heterocycles. The highest BCUT2D eigenvalue weighted by Gasteiger charge is 2.15. The highest BCUT2D eigenvalue weighted by atomic mass is 16.2. The second kappa shape index (κ2) is 5.51. The summed E-state index contributed by atoms with van der Waals surface area (Å²) in [5.74, 6) is 0.112. The number of carbonyl (C=O) groups excluding carboxylic acids is 1. The van der Waals surface area contributed by atoms with E-state index in [1.54, 1.807) is 11.9 Å². The molecule has 82 valence electrons. The second-order valence-electron chi connectivity index (χ2n) is 3.69. The summed E-state index contributed by atoms with van der Waals surface area (Å²) < 4.78 is 0. The van der Waals surface area contributed by atoms with Crippen molar-refractivity contribution in [3.05, 3.63) is 35.9 Å². The Morgan fingerprint density at radius 1 is 1.40 bits per heavy atom. The third kappa shape index (κ3) is 3.36. The van der Waals surface area contributed by atoms with E-state index in [9.17, 15) is 4.79 Å². The van der Waals surface area contributed by atoms with Crippen molar-refractivity contribution < 1.29 is 4.79 Å². The lowest BCUT2D eigenvalue weighted by Gasteiger charge is -2.21. The number of nitrogens with zero attached hydrogens (tertiary/aromatic N) is 1. The van der Waals surface area contributed by atoms with Gasteiger partial charge in [0.05, 0.1) is 6.04 Å². The summed E-state index contributed by atoms with van der Waals surface area (Å²) in [6.07, 6.45) is 0. The van der Waals surface area contributed by atoms with Crippen LogP contribution >= 0.6 is 0 Å². The topological polar surface area (TPSA) is 32.3 Å². The van der Waals surface area contributed by atoms with Gasteiger partial charge < -0.3 is 10.2 Å². The van der Waals surface area contributed by atoms with Gasteiger partial charge in [-0.2, -0.15) is 0 Å². The zero-order valence-corrected chi connectivity index (χ0v) is 9.53. The van der Waals surface area contributed by atoms with Gasteiger partial charge >= 0.3 is 0 Å². The predicted molar refractivity (Wildman–Crippen MR) is 61.4 cm³/mol. The predicted octanol–water partition coefficient (Wildman–Crippen LogP) is 1.25. The number of carbonyl (C=O) groups is 1. The van der Waals surface area contributed by atoms with Crippen LogP contribution in [0.4, 0.5) is 0 Å². The Morgan fingerprint density at radius 3 is 2.53 bits per heavy atom. The van der Waals surface area contributed by atoms with E-state index in [1.165, 1.54) is 0 Å². The fourth-order valence-corrected chi connectivity index (χ4v) is 1.39. The molecule has 0 aliphatic rings. The highest BCUT2D eigenvalue weighted by Crippen LogP contribution is 2.03. The molecule has 1 aromatic carbocycles. The second-order valence-corrected chi connectivity index (χ2v) is 3.69. The molecule has 0 spiro atoms. The van der Waals surface area contributed by atoms with Crippen LogP contribution in [0.5, 0.6) is 0 Å². The third-order valence-electron chi connectivity index (χ3n) is 2.44. The molecule has 0 saturated carbocycles. The smallest absolute Gasteiger partial charge is 0.239 e. The quantitative estimate of drug-likeness (QED) is 0.804. The summed E-state index contributed by atoms with van der Waals surface area (Å²) in [5, 5.41) is 2.94. The average molecular weight is 206 g/mol. The number of hydrogen-bond donors (Lipinski definition) is 1. The van der Waals surface area contributed by atoms with Gasteiger partial charge in [0.25, 0.3) is 0 Å². The molecule has 0 radical (unpaired) electrons. The Kier molecular flexibility index (Phi) is 4.31. The third-order valence-corrected chi connectivity index (χ3v) is 2.44. The van der Waals surface area contributed by atoms with Crippen LogP contribution in [0.25, 0.3) is 0 Å². The standard InChI is InChI=1S/C12H18N2O/c1-10(13-2)12(15)14(3)9-11-7-5-4-6-8-11/h4-8,10,13H,9H2,1-3H3. The van der Waals surface area contributed by atoms with Crippen LogP contribution in [0, 0.1) is 0 Å². The van der Waals surface area contributed by atoms with Gasteiger partial charge in [-0.05, 0) is 19.5 Å². The van der Waals surface area contributed by atoms with Crippen LogP contribution in [0.15, 0.2) is 30.3 Å². The monoisotopic (exact) mass is 206 g/mol. The van der Waals surface area contributed by atoms with E-state index in [4.69, 9.17) is 0 Å². The Morgan fingerprint density at radius 2 is 2.00 bits per heavy atom. The summed E-state index contributed by atoms with van der Waals surface area (Å²) in [4.78, 5) is 13.5. The molecule has 1 amide bonds. The molecule has 1 aromatic rings. The van der Waals surface area contributed by atoms with Gasteiger partial charge in [-0.3, -0.25) is 4.79 Å². The number of likely N-dealkylation sites (N-methyl/N-ethyl adjacent to an activating group) is 2. The number of hydrogen-bond acceptors (Lipinski definition) is 2. The number of amides is 1. The van der Waals surface area contributed by atoms with Gasteiger partial charge in [-0.25, -0.2) is 0 Å². The van der Waals surface area contributed by atoms with Crippen molar-refractivity contribution in [3.63, 3.8) is 0 Å². The molecular weight excluding hydrogens is 188 g/mol. The highest BCUT2D eigenvalue weighted by molar-refractivity contribution is 5.81. The van der Waals surface area contributed by atoms with E-state index in [0.717, 1.165) is 5.56 Å². The summed E-state index contributed by atoms with van der Waals surface area (Å²) in [7, 11) is 3.61. The lowest BCUT2D eigenvalue weighted by atomic mass is 10.2. The van der Waals surface area contributed by atoms with Gasteiger partial charge in [0.1, 0.15) is 0 Å². The fourth-order valence-electron chi connectivity index (χ4n) is 1.39. The molecule has 1 rings (SSSR count). The number of rotatable bonds is 4.